The molecule has 1 fully saturated rings. The van der Waals surface area contributed by atoms with Crippen LogP contribution in [-0.2, 0) is 14.4 Å². The number of likely N-dealkylation sites (N-methyl/N-ethyl adjacent to an activating group) is 1. The quantitative estimate of drug-likeness (QED) is 0.650. The van der Waals surface area contributed by atoms with Crippen LogP contribution < -0.4 is 5.32 Å². The Bertz CT molecular complexity index is 373. The van der Waals surface area contributed by atoms with Crippen LogP contribution in [0.15, 0.2) is 0 Å². The zero-order valence-corrected chi connectivity index (χ0v) is 12.1. The van der Waals surface area contributed by atoms with Crippen LogP contribution in [0, 0.1) is 5.92 Å². The number of carboxylic acids is 1. The van der Waals surface area contributed by atoms with E-state index in [2.05, 4.69) is 5.32 Å². The van der Waals surface area contributed by atoms with Crippen molar-refractivity contribution in [2.24, 2.45) is 5.92 Å². The maximum absolute atomic E-state index is 11.9. The molecule has 1 atom stereocenters. The van der Waals surface area contributed by atoms with Crippen LogP contribution in [0.1, 0.15) is 19.8 Å². The van der Waals surface area contributed by atoms with Gasteiger partial charge in [-0.25, -0.2) is 0 Å². The zero-order chi connectivity index (χ0) is 15.1. The Hall–Kier alpha value is -1.63. The third-order valence-electron chi connectivity index (χ3n) is 3.36. The summed E-state index contributed by atoms with van der Waals surface area (Å²) in [7, 11) is 1.58. The molecule has 0 aliphatic carbocycles. The van der Waals surface area contributed by atoms with E-state index >= 15 is 0 Å². The van der Waals surface area contributed by atoms with Crippen molar-refractivity contribution >= 4 is 17.8 Å². The lowest BCUT2D eigenvalue weighted by atomic mass is 10.1. The Morgan fingerprint density at radius 3 is 2.65 bits per heavy atom. The van der Waals surface area contributed by atoms with Crippen molar-refractivity contribution in [3.05, 3.63) is 0 Å². The summed E-state index contributed by atoms with van der Waals surface area (Å²) in [5, 5.41) is 11.6. The van der Waals surface area contributed by atoms with Crippen molar-refractivity contribution in [1.29, 1.82) is 0 Å². The molecule has 20 heavy (non-hydrogen) atoms. The van der Waals surface area contributed by atoms with Crippen LogP contribution in [-0.4, -0.2) is 72.5 Å². The predicted octanol–water partition coefficient (Wildman–Crippen LogP) is -0.622. The molecule has 1 heterocycles. The van der Waals surface area contributed by atoms with Crippen molar-refractivity contribution in [3.63, 3.8) is 0 Å². The number of hydrogen-bond acceptors (Lipinski definition) is 4. The van der Waals surface area contributed by atoms with Crippen LogP contribution in [0.5, 0.6) is 0 Å². The van der Waals surface area contributed by atoms with Crippen molar-refractivity contribution in [3.8, 4) is 0 Å². The molecule has 0 saturated carbocycles. The van der Waals surface area contributed by atoms with Gasteiger partial charge in [0.25, 0.3) is 0 Å². The van der Waals surface area contributed by atoms with Gasteiger partial charge in [-0.15, -0.1) is 0 Å². The van der Waals surface area contributed by atoms with Crippen molar-refractivity contribution in [2.45, 2.75) is 19.8 Å². The first kappa shape index (κ1) is 16.4. The van der Waals surface area contributed by atoms with E-state index in [-0.39, 0.29) is 30.8 Å². The number of carboxylic acid groups (broad SMARTS) is 1. The van der Waals surface area contributed by atoms with Gasteiger partial charge in [-0.05, 0) is 19.4 Å². The van der Waals surface area contributed by atoms with Crippen LogP contribution in [0.3, 0.4) is 0 Å². The second kappa shape index (κ2) is 7.84. The van der Waals surface area contributed by atoms with E-state index in [1.165, 1.54) is 4.90 Å². The SMILES string of the molecule is CCCNC(=O)CN(C)C(=O)CN1CCC(C(=O)O)C1. The summed E-state index contributed by atoms with van der Waals surface area (Å²) in [6.45, 7) is 3.78. The highest BCUT2D eigenvalue weighted by atomic mass is 16.4. The smallest absolute Gasteiger partial charge is 0.307 e. The van der Waals surface area contributed by atoms with E-state index in [0.29, 0.717) is 26.1 Å². The lowest BCUT2D eigenvalue weighted by molar-refractivity contribution is -0.141. The number of aliphatic carboxylic acids is 1. The molecule has 0 aromatic heterocycles. The Balaban J connectivity index is 2.32. The number of nitrogens with one attached hydrogen (secondary N) is 1. The first-order valence-corrected chi connectivity index (χ1v) is 6.89. The fourth-order valence-electron chi connectivity index (χ4n) is 2.11. The van der Waals surface area contributed by atoms with Gasteiger partial charge in [-0.1, -0.05) is 6.92 Å². The molecule has 0 bridgehead atoms. The molecule has 0 radical (unpaired) electrons. The molecule has 114 valence electrons. The van der Waals surface area contributed by atoms with E-state index in [4.69, 9.17) is 5.11 Å². The molecule has 7 nitrogen and oxygen atoms in total. The highest BCUT2D eigenvalue weighted by Gasteiger charge is 2.29. The second-order valence-corrected chi connectivity index (χ2v) is 5.16. The topological polar surface area (TPSA) is 90.0 Å². The van der Waals surface area contributed by atoms with E-state index in [0.717, 1.165) is 6.42 Å². The van der Waals surface area contributed by atoms with Crippen molar-refractivity contribution < 1.29 is 19.5 Å². The minimum atomic E-state index is -0.813. The van der Waals surface area contributed by atoms with E-state index in [9.17, 15) is 14.4 Å². The van der Waals surface area contributed by atoms with Crippen LogP contribution in [0.2, 0.25) is 0 Å². The van der Waals surface area contributed by atoms with Gasteiger partial charge in [0.15, 0.2) is 0 Å². The lowest BCUT2D eigenvalue weighted by Crippen LogP contribution is -2.43. The summed E-state index contributed by atoms with van der Waals surface area (Å²) in [6.07, 6.45) is 1.43. The molecular formula is C13H23N3O4. The van der Waals surface area contributed by atoms with Gasteiger partial charge >= 0.3 is 5.97 Å². The van der Waals surface area contributed by atoms with E-state index < -0.39 is 5.97 Å². The average Bonchev–Trinajstić information content (AvgIpc) is 2.84. The average molecular weight is 285 g/mol. The highest BCUT2D eigenvalue weighted by molar-refractivity contribution is 5.85. The third kappa shape index (κ3) is 5.16. The standard InChI is InChI=1S/C13H23N3O4/c1-3-5-14-11(17)8-15(2)12(18)9-16-6-4-10(7-16)13(19)20/h10H,3-9H2,1-2H3,(H,14,17)(H,19,20). The van der Waals surface area contributed by atoms with Gasteiger partial charge < -0.3 is 15.3 Å². The number of likely N-dealkylation sites (tertiary alicyclic amines) is 1. The number of rotatable bonds is 7. The van der Waals surface area contributed by atoms with Crippen molar-refractivity contribution in [1.82, 2.24) is 15.1 Å². The van der Waals surface area contributed by atoms with Gasteiger partial charge in [0.05, 0.1) is 19.0 Å². The number of carbonyl (C=O) groups is 3. The molecule has 2 N–H and O–H groups in total. The number of amides is 2. The minimum absolute atomic E-state index is 0.0367. The summed E-state index contributed by atoms with van der Waals surface area (Å²) >= 11 is 0. The summed E-state index contributed by atoms with van der Waals surface area (Å²) in [5.74, 6) is -1.54. The summed E-state index contributed by atoms with van der Waals surface area (Å²) < 4.78 is 0. The Labute approximate surface area is 118 Å². The normalized spacial score (nSPS) is 18.8. The van der Waals surface area contributed by atoms with Crippen LogP contribution in [0.4, 0.5) is 0 Å². The van der Waals surface area contributed by atoms with Gasteiger partial charge in [0.2, 0.25) is 11.8 Å². The van der Waals surface area contributed by atoms with Crippen molar-refractivity contribution in [2.75, 3.05) is 39.8 Å². The van der Waals surface area contributed by atoms with Gasteiger partial charge in [0, 0.05) is 20.1 Å². The molecular weight excluding hydrogens is 262 g/mol. The molecule has 1 aliphatic rings. The largest absolute Gasteiger partial charge is 0.481 e. The fourth-order valence-corrected chi connectivity index (χ4v) is 2.11. The molecule has 1 unspecified atom stereocenters. The monoisotopic (exact) mass is 285 g/mol. The third-order valence-corrected chi connectivity index (χ3v) is 3.36. The molecule has 0 aromatic rings. The maximum atomic E-state index is 11.9. The molecule has 1 aliphatic heterocycles. The van der Waals surface area contributed by atoms with E-state index in [1.54, 1.807) is 7.05 Å². The minimum Gasteiger partial charge on any atom is -0.481 e. The summed E-state index contributed by atoms with van der Waals surface area (Å²) in [4.78, 5) is 37.5. The Morgan fingerprint density at radius 2 is 2.10 bits per heavy atom. The predicted molar refractivity (Wildman–Crippen MR) is 73.1 cm³/mol. The second-order valence-electron chi connectivity index (χ2n) is 5.16. The lowest BCUT2D eigenvalue weighted by Gasteiger charge is -2.21. The Morgan fingerprint density at radius 1 is 1.40 bits per heavy atom. The van der Waals surface area contributed by atoms with Crippen LogP contribution >= 0.6 is 0 Å². The molecule has 0 aromatic carbocycles. The summed E-state index contributed by atoms with van der Waals surface area (Å²) in [6, 6.07) is 0. The van der Waals surface area contributed by atoms with Gasteiger partial charge in [-0.3, -0.25) is 19.3 Å². The molecule has 1 rings (SSSR count). The Kier molecular flexibility index (Phi) is 6.44. The zero-order valence-electron chi connectivity index (χ0n) is 12.1. The highest BCUT2D eigenvalue weighted by Crippen LogP contribution is 2.15. The fraction of sp³-hybridized carbons (Fsp3) is 0.769. The summed E-state index contributed by atoms with van der Waals surface area (Å²) in [5.41, 5.74) is 0. The van der Waals surface area contributed by atoms with E-state index in [1.807, 2.05) is 11.8 Å². The first-order chi connectivity index (χ1) is 9.43. The number of carbonyl (C=O) groups excluding carboxylic acids is 2. The van der Waals surface area contributed by atoms with Gasteiger partial charge in [0.1, 0.15) is 0 Å². The van der Waals surface area contributed by atoms with Crippen LogP contribution in [0.25, 0.3) is 0 Å². The molecule has 7 heteroatoms. The van der Waals surface area contributed by atoms with Gasteiger partial charge in [-0.2, -0.15) is 0 Å². The molecule has 0 spiro atoms. The first-order valence-electron chi connectivity index (χ1n) is 6.89. The molecule has 2 amide bonds. The maximum Gasteiger partial charge on any atom is 0.307 e. The number of nitrogens with zero attached hydrogens (tertiary/aromatic N) is 2. The number of hydrogen-bond donors (Lipinski definition) is 2. The molecule has 1 saturated heterocycles.